The molecule has 1 saturated carbocycles. The van der Waals surface area contributed by atoms with Crippen molar-refractivity contribution in [2.75, 3.05) is 19.6 Å². The number of unbranched alkanes of at least 4 members (excludes halogenated alkanes) is 2. The van der Waals surface area contributed by atoms with Crippen molar-refractivity contribution in [3.63, 3.8) is 0 Å². The van der Waals surface area contributed by atoms with Crippen molar-refractivity contribution in [2.45, 2.75) is 77.7 Å². The highest BCUT2D eigenvalue weighted by atomic mass is 15.2. The molecule has 0 aromatic heterocycles. The fourth-order valence-electron chi connectivity index (χ4n) is 3.56. The molecule has 0 bridgehead atoms. The van der Waals surface area contributed by atoms with E-state index >= 15 is 0 Å². The summed E-state index contributed by atoms with van der Waals surface area (Å²) in [6, 6.07) is 0. The summed E-state index contributed by atoms with van der Waals surface area (Å²) in [6.45, 7) is 10.2. The van der Waals surface area contributed by atoms with Crippen molar-refractivity contribution in [1.82, 2.24) is 4.90 Å². The van der Waals surface area contributed by atoms with E-state index < -0.39 is 0 Å². The minimum Gasteiger partial charge on any atom is -0.329 e. The molecule has 2 nitrogen and oxygen atoms in total. The zero-order chi connectivity index (χ0) is 13.4. The van der Waals surface area contributed by atoms with Crippen LogP contribution >= 0.6 is 0 Å². The van der Waals surface area contributed by atoms with E-state index in [4.69, 9.17) is 5.73 Å². The first-order valence-corrected chi connectivity index (χ1v) is 8.17. The van der Waals surface area contributed by atoms with Gasteiger partial charge in [0.1, 0.15) is 0 Å². The number of likely N-dealkylation sites (N-methyl/N-ethyl adjacent to an activating group) is 1. The molecule has 0 atom stereocenters. The number of hydrogen-bond donors (Lipinski definition) is 1. The summed E-state index contributed by atoms with van der Waals surface area (Å²) >= 11 is 0. The van der Waals surface area contributed by atoms with Crippen molar-refractivity contribution < 1.29 is 0 Å². The lowest BCUT2D eigenvalue weighted by Crippen LogP contribution is -2.56. The van der Waals surface area contributed by atoms with E-state index in [2.05, 4.69) is 25.7 Å². The standard InChI is InChI=1S/C16H34N2/c1-4-7-8-13-18(6-3)16(14-17)11-9-15(5-2)10-12-16/h15H,4-14,17H2,1-3H3. The molecule has 0 spiro atoms. The average molecular weight is 254 g/mol. The minimum absolute atomic E-state index is 0.328. The largest absolute Gasteiger partial charge is 0.329 e. The molecule has 108 valence electrons. The lowest BCUT2D eigenvalue weighted by Gasteiger charge is -2.47. The van der Waals surface area contributed by atoms with Gasteiger partial charge >= 0.3 is 0 Å². The Balaban J connectivity index is 2.55. The molecule has 0 aromatic carbocycles. The average Bonchev–Trinajstić information content (AvgIpc) is 2.44. The van der Waals surface area contributed by atoms with E-state index in [1.165, 1.54) is 57.9 Å². The molecule has 1 fully saturated rings. The first-order chi connectivity index (χ1) is 8.72. The Morgan fingerprint density at radius 2 is 1.78 bits per heavy atom. The second kappa shape index (κ2) is 8.16. The van der Waals surface area contributed by atoms with Gasteiger partial charge in [0.15, 0.2) is 0 Å². The van der Waals surface area contributed by atoms with Crippen LogP contribution < -0.4 is 5.73 Å². The molecule has 0 aliphatic heterocycles. The van der Waals surface area contributed by atoms with Crippen LogP contribution in [0.1, 0.15) is 72.1 Å². The van der Waals surface area contributed by atoms with E-state index in [0.717, 1.165) is 19.0 Å². The summed E-state index contributed by atoms with van der Waals surface area (Å²) in [4.78, 5) is 2.69. The molecular formula is C16H34N2. The van der Waals surface area contributed by atoms with Crippen molar-refractivity contribution >= 4 is 0 Å². The van der Waals surface area contributed by atoms with E-state index in [0.29, 0.717) is 5.54 Å². The van der Waals surface area contributed by atoms with Crippen LogP contribution in [-0.4, -0.2) is 30.1 Å². The Kier molecular flexibility index (Phi) is 7.25. The van der Waals surface area contributed by atoms with Crippen LogP contribution in [0.25, 0.3) is 0 Å². The number of nitrogens with two attached hydrogens (primary N) is 1. The monoisotopic (exact) mass is 254 g/mol. The van der Waals surface area contributed by atoms with Crippen LogP contribution in [0, 0.1) is 5.92 Å². The highest BCUT2D eigenvalue weighted by molar-refractivity contribution is 4.95. The third-order valence-electron chi connectivity index (χ3n) is 5.08. The molecular weight excluding hydrogens is 220 g/mol. The van der Waals surface area contributed by atoms with Crippen molar-refractivity contribution in [3.8, 4) is 0 Å². The summed E-state index contributed by atoms with van der Waals surface area (Å²) in [7, 11) is 0. The molecule has 0 amide bonds. The minimum atomic E-state index is 0.328. The van der Waals surface area contributed by atoms with Gasteiger partial charge in [-0.25, -0.2) is 0 Å². The smallest absolute Gasteiger partial charge is 0.0331 e. The zero-order valence-electron chi connectivity index (χ0n) is 12.9. The predicted octanol–water partition coefficient (Wildman–Crippen LogP) is 3.80. The normalized spacial score (nSPS) is 28.8. The molecule has 1 aliphatic rings. The molecule has 0 heterocycles. The van der Waals surface area contributed by atoms with Crippen LogP contribution in [0.2, 0.25) is 0 Å². The molecule has 1 rings (SSSR count). The number of nitrogens with zero attached hydrogens (tertiary/aromatic N) is 1. The van der Waals surface area contributed by atoms with Crippen molar-refractivity contribution in [1.29, 1.82) is 0 Å². The predicted molar refractivity (Wildman–Crippen MR) is 80.8 cm³/mol. The molecule has 18 heavy (non-hydrogen) atoms. The summed E-state index contributed by atoms with van der Waals surface area (Å²) < 4.78 is 0. The molecule has 0 saturated heterocycles. The summed E-state index contributed by atoms with van der Waals surface area (Å²) in [5.41, 5.74) is 6.49. The summed E-state index contributed by atoms with van der Waals surface area (Å²) in [6.07, 6.45) is 10.8. The van der Waals surface area contributed by atoms with E-state index in [-0.39, 0.29) is 0 Å². The van der Waals surface area contributed by atoms with Gasteiger partial charge in [0.25, 0.3) is 0 Å². The van der Waals surface area contributed by atoms with Crippen LogP contribution in [0.15, 0.2) is 0 Å². The van der Waals surface area contributed by atoms with Crippen molar-refractivity contribution in [2.24, 2.45) is 11.7 Å². The number of hydrogen-bond acceptors (Lipinski definition) is 2. The quantitative estimate of drug-likeness (QED) is 0.668. The third kappa shape index (κ3) is 3.96. The Bertz CT molecular complexity index is 207. The van der Waals surface area contributed by atoms with E-state index in [1.807, 2.05) is 0 Å². The van der Waals surface area contributed by atoms with Gasteiger partial charge in [-0.2, -0.15) is 0 Å². The van der Waals surface area contributed by atoms with Gasteiger partial charge in [0.2, 0.25) is 0 Å². The summed E-state index contributed by atoms with van der Waals surface area (Å²) in [5.74, 6) is 0.957. The molecule has 2 N–H and O–H groups in total. The van der Waals surface area contributed by atoms with Gasteiger partial charge in [0.05, 0.1) is 0 Å². The molecule has 0 radical (unpaired) electrons. The van der Waals surface area contributed by atoms with Gasteiger partial charge < -0.3 is 5.73 Å². The zero-order valence-corrected chi connectivity index (χ0v) is 12.9. The lowest BCUT2D eigenvalue weighted by molar-refractivity contribution is 0.0444. The van der Waals surface area contributed by atoms with Crippen LogP contribution in [0.3, 0.4) is 0 Å². The van der Waals surface area contributed by atoms with Crippen LogP contribution in [0.4, 0.5) is 0 Å². The fourth-order valence-corrected chi connectivity index (χ4v) is 3.56. The second-order valence-electron chi connectivity index (χ2n) is 6.07. The molecule has 0 unspecified atom stereocenters. The van der Waals surface area contributed by atoms with Gasteiger partial charge in [-0.15, -0.1) is 0 Å². The molecule has 2 heteroatoms. The first-order valence-electron chi connectivity index (χ1n) is 8.17. The van der Waals surface area contributed by atoms with Gasteiger partial charge in [0, 0.05) is 12.1 Å². The SMILES string of the molecule is CCCCCN(CC)C1(CN)CCC(CC)CC1. The molecule has 1 aliphatic carbocycles. The summed E-state index contributed by atoms with van der Waals surface area (Å²) in [5, 5.41) is 0. The van der Waals surface area contributed by atoms with Crippen LogP contribution in [0.5, 0.6) is 0 Å². The molecule has 0 aromatic rings. The second-order valence-corrected chi connectivity index (χ2v) is 6.07. The fraction of sp³-hybridized carbons (Fsp3) is 1.00. The van der Waals surface area contributed by atoms with Crippen molar-refractivity contribution in [3.05, 3.63) is 0 Å². The topological polar surface area (TPSA) is 29.3 Å². The van der Waals surface area contributed by atoms with Gasteiger partial charge in [-0.05, 0) is 51.1 Å². The Morgan fingerprint density at radius 3 is 2.22 bits per heavy atom. The maximum absolute atomic E-state index is 6.16. The Morgan fingerprint density at radius 1 is 1.11 bits per heavy atom. The third-order valence-corrected chi connectivity index (χ3v) is 5.08. The highest BCUT2D eigenvalue weighted by Crippen LogP contribution is 2.37. The maximum Gasteiger partial charge on any atom is 0.0331 e. The van der Waals surface area contributed by atoms with E-state index in [9.17, 15) is 0 Å². The van der Waals surface area contributed by atoms with Crippen LogP contribution in [-0.2, 0) is 0 Å². The lowest BCUT2D eigenvalue weighted by atomic mass is 9.74. The van der Waals surface area contributed by atoms with E-state index in [1.54, 1.807) is 0 Å². The first kappa shape index (κ1) is 16.0. The maximum atomic E-state index is 6.16. The Hall–Kier alpha value is -0.0800. The highest BCUT2D eigenvalue weighted by Gasteiger charge is 2.37. The Labute approximate surface area is 114 Å². The number of rotatable bonds is 8. The van der Waals surface area contributed by atoms with Gasteiger partial charge in [-0.1, -0.05) is 40.0 Å². The van der Waals surface area contributed by atoms with Gasteiger partial charge in [-0.3, -0.25) is 4.90 Å².